The van der Waals surface area contributed by atoms with Crippen LogP contribution in [0.1, 0.15) is 13.8 Å². The van der Waals surface area contributed by atoms with Crippen LogP contribution in [0.3, 0.4) is 0 Å². The maximum atomic E-state index is 5.16. The van der Waals surface area contributed by atoms with Gasteiger partial charge >= 0.3 is 0 Å². The van der Waals surface area contributed by atoms with Crippen LogP contribution in [0.15, 0.2) is 0 Å². The predicted octanol–water partition coefficient (Wildman–Crippen LogP) is 1.22. The van der Waals surface area contributed by atoms with Crippen LogP contribution in [0, 0.1) is 11.8 Å². The van der Waals surface area contributed by atoms with Crippen molar-refractivity contribution in [3.8, 4) is 0 Å². The minimum Gasteiger partial charge on any atom is -0.384 e. The van der Waals surface area contributed by atoms with Gasteiger partial charge in [-0.15, -0.1) is 0 Å². The number of nitrogens with zero attached hydrogens (tertiary/aromatic N) is 1. The maximum absolute atomic E-state index is 5.16. The molecule has 0 saturated carbocycles. The molecule has 0 aromatic carbocycles. The van der Waals surface area contributed by atoms with Crippen LogP contribution in [0.25, 0.3) is 0 Å². The largest absolute Gasteiger partial charge is 0.384 e. The lowest BCUT2D eigenvalue weighted by atomic mass is 10.00. The van der Waals surface area contributed by atoms with E-state index in [0.717, 1.165) is 18.4 Å². The molecule has 0 aromatic rings. The zero-order valence-corrected chi connectivity index (χ0v) is 7.84. The summed E-state index contributed by atoms with van der Waals surface area (Å²) in [6.45, 7) is 9.14. The molecule has 66 valence electrons. The highest BCUT2D eigenvalue weighted by molar-refractivity contribution is 4.80. The molecule has 1 rings (SSSR count). The third-order valence-corrected chi connectivity index (χ3v) is 2.67. The Kier molecular flexibility index (Phi) is 3.34. The van der Waals surface area contributed by atoms with Crippen LogP contribution in [0.5, 0.6) is 0 Å². The fraction of sp³-hybridized carbons (Fsp3) is 1.00. The fourth-order valence-corrected chi connectivity index (χ4v) is 1.83. The Morgan fingerprint density at radius 1 is 1.45 bits per heavy atom. The minimum atomic E-state index is 0.764. The summed E-state index contributed by atoms with van der Waals surface area (Å²) in [7, 11) is 1.79. The molecule has 0 amide bonds. The lowest BCUT2D eigenvalue weighted by Gasteiger charge is -2.12. The summed E-state index contributed by atoms with van der Waals surface area (Å²) in [4.78, 5) is 2.49. The van der Waals surface area contributed by atoms with E-state index in [4.69, 9.17) is 4.74 Å². The van der Waals surface area contributed by atoms with Gasteiger partial charge in [-0.05, 0) is 18.4 Å². The van der Waals surface area contributed by atoms with E-state index in [1.54, 1.807) is 7.11 Å². The Hall–Kier alpha value is -0.0800. The molecule has 2 nitrogen and oxygen atoms in total. The first kappa shape index (κ1) is 9.01. The van der Waals surface area contributed by atoms with Gasteiger partial charge in [-0.3, -0.25) is 0 Å². The Morgan fingerprint density at radius 2 is 2.18 bits per heavy atom. The van der Waals surface area contributed by atoms with Gasteiger partial charge in [0.1, 0.15) is 0 Å². The Morgan fingerprint density at radius 3 is 2.64 bits per heavy atom. The number of rotatable bonds is 3. The van der Waals surface area contributed by atoms with E-state index in [0.29, 0.717) is 0 Å². The van der Waals surface area contributed by atoms with Gasteiger partial charge in [0, 0.05) is 20.2 Å². The summed E-state index contributed by atoms with van der Waals surface area (Å²) >= 11 is 0. The molecule has 1 aliphatic heterocycles. The Balaban J connectivity index is 2.32. The quantitative estimate of drug-likeness (QED) is 0.611. The summed E-state index contributed by atoms with van der Waals surface area (Å²) in [5, 5.41) is 0. The van der Waals surface area contributed by atoms with Crippen molar-refractivity contribution in [1.29, 1.82) is 0 Å². The van der Waals surface area contributed by atoms with Crippen LogP contribution in [0.4, 0.5) is 0 Å². The zero-order chi connectivity index (χ0) is 8.27. The lowest BCUT2D eigenvalue weighted by molar-refractivity contribution is 0.140. The predicted molar refractivity (Wildman–Crippen MR) is 46.6 cm³/mol. The third-order valence-electron chi connectivity index (χ3n) is 2.67. The van der Waals surface area contributed by atoms with Crippen molar-refractivity contribution in [3.63, 3.8) is 0 Å². The molecule has 0 bridgehead atoms. The van der Waals surface area contributed by atoms with E-state index in [-0.39, 0.29) is 0 Å². The molecule has 2 unspecified atom stereocenters. The van der Waals surface area contributed by atoms with Crippen molar-refractivity contribution in [1.82, 2.24) is 4.90 Å². The summed E-state index contributed by atoms with van der Waals surface area (Å²) in [6, 6.07) is 0. The molecule has 1 saturated heterocycles. The van der Waals surface area contributed by atoms with E-state index in [1.807, 2.05) is 0 Å². The Labute approximate surface area is 69.5 Å². The maximum Gasteiger partial charge on any atom is 0.0505 e. The topological polar surface area (TPSA) is 12.5 Å². The summed E-state index contributed by atoms with van der Waals surface area (Å²) in [6.07, 6.45) is 0. The van der Waals surface area contributed by atoms with E-state index in [2.05, 4.69) is 18.7 Å². The van der Waals surface area contributed by atoms with Crippen molar-refractivity contribution in [2.75, 3.05) is 33.4 Å². The van der Waals surface area contributed by atoms with Crippen LogP contribution in [-0.4, -0.2) is 38.3 Å². The highest BCUT2D eigenvalue weighted by atomic mass is 16.5. The second-order valence-electron chi connectivity index (χ2n) is 3.54. The van der Waals surface area contributed by atoms with Crippen LogP contribution >= 0.6 is 0 Å². The summed E-state index contributed by atoms with van der Waals surface area (Å²) in [5.41, 5.74) is 0. The van der Waals surface area contributed by atoms with E-state index in [1.165, 1.54) is 19.6 Å². The molecule has 1 heterocycles. The van der Waals surface area contributed by atoms with E-state index < -0.39 is 0 Å². The van der Waals surface area contributed by atoms with E-state index >= 15 is 0 Å². The highest BCUT2D eigenvalue weighted by Crippen LogP contribution is 2.22. The minimum absolute atomic E-state index is 0.764. The smallest absolute Gasteiger partial charge is 0.0505 e. The standard InChI is InChI=1S/C9H19NO/c1-4-10-5-8(2)9(6-10)7-11-3/h8-9H,4-7H2,1-3H3. The van der Waals surface area contributed by atoms with Crippen LogP contribution in [-0.2, 0) is 4.74 Å². The van der Waals surface area contributed by atoms with E-state index in [9.17, 15) is 0 Å². The molecule has 0 aromatic heterocycles. The number of likely N-dealkylation sites (tertiary alicyclic amines) is 1. The molecule has 1 aliphatic rings. The molecular weight excluding hydrogens is 138 g/mol. The van der Waals surface area contributed by atoms with Crippen LogP contribution < -0.4 is 0 Å². The second kappa shape index (κ2) is 4.07. The summed E-state index contributed by atoms with van der Waals surface area (Å²) < 4.78 is 5.16. The average molecular weight is 157 g/mol. The van der Waals surface area contributed by atoms with Gasteiger partial charge < -0.3 is 9.64 Å². The van der Waals surface area contributed by atoms with Gasteiger partial charge in [0.25, 0.3) is 0 Å². The molecule has 0 spiro atoms. The number of ether oxygens (including phenoxy) is 1. The molecule has 2 heteroatoms. The van der Waals surface area contributed by atoms with Crippen LogP contribution in [0.2, 0.25) is 0 Å². The number of hydrogen-bond acceptors (Lipinski definition) is 2. The molecule has 11 heavy (non-hydrogen) atoms. The first-order chi connectivity index (χ1) is 5.27. The zero-order valence-electron chi connectivity index (χ0n) is 7.84. The van der Waals surface area contributed by atoms with Gasteiger partial charge in [-0.25, -0.2) is 0 Å². The monoisotopic (exact) mass is 157 g/mol. The van der Waals surface area contributed by atoms with Gasteiger partial charge in [0.15, 0.2) is 0 Å². The number of methoxy groups -OCH3 is 1. The first-order valence-corrected chi connectivity index (χ1v) is 4.49. The Bertz CT molecular complexity index is 116. The molecule has 0 aliphatic carbocycles. The summed E-state index contributed by atoms with van der Waals surface area (Å²) in [5.74, 6) is 1.58. The molecule has 0 radical (unpaired) electrons. The van der Waals surface area contributed by atoms with Crippen molar-refractivity contribution in [3.05, 3.63) is 0 Å². The average Bonchev–Trinajstić information content (AvgIpc) is 2.33. The normalized spacial score (nSPS) is 33.0. The fourth-order valence-electron chi connectivity index (χ4n) is 1.83. The van der Waals surface area contributed by atoms with Gasteiger partial charge in [-0.2, -0.15) is 0 Å². The van der Waals surface area contributed by atoms with Crippen molar-refractivity contribution >= 4 is 0 Å². The molecule has 1 fully saturated rings. The van der Waals surface area contributed by atoms with Gasteiger partial charge in [0.05, 0.1) is 6.61 Å². The molecule has 2 atom stereocenters. The third kappa shape index (κ3) is 2.17. The SMILES string of the molecule is CCN1CC(C)C(COC)C1. The lowest BCUT2D eigenvalue weighted by Crippen LogP contribution is -2.20. The molecular formula is C9H19NO. The highest BCUT2D eigenvalue weighted by Gasteiger charge is 2.27. The molecule has 0 N–H and O–H groups in total. The van der Waals surface area contributed by atoms with Gasteiger partial charge in [0.2, 0.25) is 0 Å². The second-order valence-corrected chi connectivity index (χ2v) is 3.54. The van der Waals surface area contributed by atoms with Crippen molar-refractivity contribution < 1.29 is 4.74 Å². The van der Waals surface area contributed by atoms with Crippen molar-refractivity contribution in [2.24, 2.45) is 11.8 Å². The number of hydrogen-bond donors (Lipinski definition) is 0. The first-order valence-electron chi connectivity index (χ1n) is 4.49. The van der Waals surface area contributed by atoms with Crippen molar-refractivity contribution in [2.45, 2.75) is 13.8 Å². The van der Waals surface area contributed by atoms with Gasteiger partial charge in [-0.1, -0.05) is 13.8 Å².